The van der Waals surface area contributed by atoms with Crippen LogP contribution in [0, 0.1) is 0 Å². The molecule has 0 radical (unpaired) electrons. The standard InChI is InChI=1S/C12H24N2O3/c1-10(2)14(3)7-6-13-12(11(15)16)4-8-17-9-5-12/h10,13H,4-9H2,1-3H3,(H,15,16). The lowest BCUT2D eigenvalue weighted by Gasteiger charge is -2.35. The van der Waals surface area contributed by atoms with Crippen LogP contribution in [-0.2, 0) is 9.53 Å². The molecular formula is C12H24N2O3. The number of nitrogens with zero attached hydrogens (tertiary/aromatic N) is 1. The Morgan fingerprint density at radius 1 is 1.47 bits per heavy atom. The number of rotatable bonds is 6. The number of carboxylic acid groups (broad SMARTS) is 1. The van der Waals surface area contributed by atoms with Crippen LogP contribution in [0.1, 0.15) is 26.7 Å². The number of carbonyl (C=O) groups is 1. The van der Waals surface area contributed by atoms with Gasteiger partial charge < -0.3 is 20.1 Å². The van der Waals surface area contributed by atoms with Gasteiger partial charge in [-0.3, -0.25) is 4.79 Å². The molecule has 1 fully saturated rings. The Kier molecular flexibility index (Phi) is 5.36. The predicted octanol–water partition coefficient (Wildman–Crippen LogP) is 0.550. The third-order valence-electron chi connectivity index (χ3n) is 3.57. The maximum atomic E-state index is 11.4. The van der Waals surface area contributed by atoms with E-state index >= 15 is 0 Å². The molecule has 0 bridgehead atoms. The van der Waals surface area contributed by atoms with Crippen molar-refractivity contribution in [3.05, 3.63) is 0 Å². The molecule has 1 aliphatic heterocycles. The third kappa shape index (κ3) is 3.94. The zero-order valence-corrected chi connectivity index (χ0v) is 11.0. The summed E-state index contributed by atoms with van der Waals surface area (Å²) >= 11 is 0. The molecule has 2 N–H and O–H groups in total. The molecule has 1 aliphatic rings. The minimum Gasteiger partial charge on any atom is -0.480 e. The lowest BCUT2D eigenvalue weighted by Crippen LogP contribution is -2.56. The highest BCUT2D eigenvalue weighted by atomic mass is 16.5. The highest BCUT2D eigenvalue weighted by Gasteiger charge is 2.39. The topological polar surface area (TPSA) is 61.8 Å². The van der Waals surface area contributed by atoms with Crippen molar-refractivity contribution in [2.45, 2.75) is 38.3 Å². The molecule has 0 spiro atoms. The second kappa shape index (κ2) is 6.33. The van der Waals surface area contributed by atoms with Crippen molar-refractivity contribution in [2.24, 2.45) is 0 Å². The highest BCUT2D eigenvalue weighted by Crippen LogP contribution is 2.20. The molecule has 0 atom stereocenters. The van der Waals surface area contributed by atoms with Gasteiger partial charge in [0.25, 0.3) is 0 Å². The number of carboxylic acids is 1. The van der Waals surface area contributed by atoms with Gasteiger partial charge in [-0.05, 0) is 33.7 Å². The van der Waals surface area contributed by atoms with Crippen LogP contribution in [0.2, 0.25) is 0 Å². The Morgan fingerprint density at radius 3 is 2.53 bits per heavy atom. The van der Waals surface area contributed by atoms with Crippen molar-refractivity contribution in [2.75, 3.05) is 33.4 Å². The normalized spacial score (nSPS) is 19.8. The van der Waals surface area contributed by atoms with Gasteiger partial charge in [-0.1, -0.05) is 0 Å². The van der Waals surface area contributed by atoms with E-state index in [9.17, 15) is 9.90 Å². The Morgan fingerprint density at radius 2 is 2.06 bits per heavy atom. The molecule has 1 heterocycles. The van der Waals surface area contributed by atoms with Crippen molar-refractivity contribution in [1.29, 1.82) is 0 Å². The first-order valence-electron chi connectivity index (χ1n) is 6.24. The fraction of sp³-hybridized carbons (Fsp3) is 0.917. The summed E-state index contributed by atoms with van der Waals surface area (Å²) in [6.07, 6.45) is 1.10. The molecule has 5 nitrogen and oxygen atoms in total. The average Bonchev–Trinajstić information content (AvgIpc) is 2.29. The van der Waals surface area contributed by atoms with Gasteiger partial charge in [0.1, 0.15) is 5.54 Å². The van der Waals surface area contributed by atoms with Crippen molar-refractivity contribution >= 4 is 5.97 Å². The Bertz CT molecular complexity index is 250. The van der Waals surface area contributed by atoms with Gasteiger partial charge in [-0.2, -0.15) is 0 Å². The molecule has 0 aromatic heterocycles. The molecule has 0 aromatic rings. The first kappa shape index (κ1) is 14.4. The zero-order valence-electron chi connectivity index (χ0n) is 11.0. The average molecular weight is 244 g/mol. The summed E-state index contributed by atoms with van der Waals surface area (Å²) in [4.78, 5) is 13.6. The summed E-state index contributed by atoms with van der Waals surface area (Å²) in [6, 6.07) is 0.479. The van der Waals surface area contributed by atoms with Crippen LogP contribution >= 0.6 is 0 Å². The van der Waals surface area contributed by atoms with Crippen molar-refractivity contribution in [3.63, 3.8) is 0 Å². The van der Waals surface area contributed by atoms with E-state index in [1.165, 1.54) is 0 Å². The Labute approximate surface area is 103 Å². The SMILES string of the molecule is CC(C)N(C)CCNC1(C(=O)O)CCOCC1. The first-order chi connectivity index (χ1) is 7.98. The van der Waals surface area contributed by atoms with Crippen LogP contribution in [-0.4, -0.2) is 60.9 Å². The molecule has 1 rings (SSSR count). The summed E-state index contributed by atoms with van der Waals surface area (Å²) in [5, 5.41) is 12.5. The fourth-order valence-electron chi connectivity index (χ4n) is 1.92. The highest BCUT2D eigenvalue weighted by molar-refractivity contribution is 5.78. The number of nitrogens with one attached hydrogen (secondary N) is 1. The summed E-state index contributed by atoms with van der Waals surface area (Å²) < 4.78 is 5.23. The van der Waals surface area contributed by atoms with Crippen LogP contribution in [0.25, 0.3) is 0 Å². The second-order valence-electron chi connectivity index (χ2n) is 5.00. The number of likely N-dealkylation sites (N-methyl/N-ethyl adjacent to an activating group) is 1. The molecule has 0 aliphatic carbocycles. The van der Waals surface area contributed by atoms with Crippen molar-refractivity contribution in [3.8, 4) is 0 Å². The van der Waals surface area contributed by atoms with E-state index < -0.39 is 11.5 Å². The maximum Gasteiger partial charge on any atom is 0.324 e. The Balaban J connectivity index is 2.42. The van der Waals surface area contributed by atoms with Gasteiger partial charge in [-0.15, -0.1) is 0 Å². The van der Waals surface area contributed by atoms with Crippen LogP contribution in [0.15, 0.2) is 0 Å². The molecule has 5 heteroatoms. The summed E-state index contributed by atoms with van der Waals surface area (Å²) in [7, 11) is 2.05. The molecule has 17 heavy (non-hydrogen) atoms. The van der Waals surface area contributed by atoms with E-state index in [0.717, 1.165) is 6.54 Å². The number of hydrogen-bond donors (Lipinski definition) is 2. The first-order valence-corrected chi connectivity index (χ1v) is 6.24. The van der Waals surface area contributed by atoms with Gasteiger partial charge in [0.2, 0.25) is 0 Å². The lowest BCUT2D eigenvalue weighted by molar-refractivity contribution is -0.149. The molecule has 1 saturated heterocycles. The molecule has 100 valence electrons. The van der Waals surface area contributed by atoms with E-state index in [1.807, 2.05) is 7.05 Å². The van der Waals surface area contributed by atoms with Gasteiger partial charge >= 0.3 is 5.97 Å². The second-order valence-corrected chi connectivity index (χ2v) is 5.00. The quantitative estimate of drug-likeness (QED) is 0.714. The van der Waals surface area contributed by atoms with Crippen LogP contribution in [0.4, 0.5) is 0 Å². The molecular weight excluding hydrogens is 220 g/mol. The largest absolute Gasteiger partial charge is 0.480 e. The van der Waals surface area contributed by atoms with Gasteiger partial charge in [-0.25, -0.2) is 0 Å². The fourth-order valence-corrected chi connectivity index (χ4v) is 1.92. The summed E-state index contributed by atoms with van der Waals surface area (Å²) in [5.74, 6) is -0.756. The molecule has 0 unspecified atom stereocenters. The number of ether oxygens (including phenoxy) is 1. The smallest absolute Gasteiger partial charge is 0.324 e. The van der Waals surface area contributed by atoms with E-state index in [0.29, 0.717) is 38.6 Å². The molecule has 0 saturated carbocycles. The van der Waals surface area contributed by atoms with Gasteiger partial charge in [0, 0.05) is 32.3 Å². The van der Waals surface area contributed by atoms with Gasteiger partial charge in [0.15, 0.2) is 0 Å². The van der Waals surface area contributed by atoms with E-state index in [2.05, 4.69) is 24.1 Å². The van der Waals surface area contributed by atoms with Crippen molar-refractivity contribution in [1.82, 2.24) is 10.2 Å². The monoisotopic (exact) mass is 244 g/mol. The minimum atomic E-state index is -0.782. The summed E-state index contributed by atoms with van der Waals surface area (Å²) in [6.45, 7) is 6.86. The van der Waals surface area contributed by atoms with Gasteiger partial charge in [0.05, 0.1) is 0 Å². The predicted molar refractivity (Wildman–Crippen MR) is 66.2 cm³/mol. The molecule has 0 amide bonds. The van der Waals surface area contributed by atoms with E-state index in [-0.39, 0.29) is 0 Å². The van der Waals surface area contributed by atoms with Crippen LogP contribution in [0.5, 0.6) is 0 Å². The van der Waals surface area contributed by atoms with Crippen LogP contribution in [0.3, 0.4) is 0 Å². The number of hydrogen-bond acceptors (Lipinski definition) is 4. The third-order valence-corrected chi connectivity index (χ3v) is 3.57. The lowest BCUT2D eigenvalue weighted by atomic mass is 9.90. The summed E-state index contributed by atoms with van der Waals surface area (Å²) in [5.41, 5.74) is -0.782. The molecule has 0 aromatic carbocycles. The zero-order chi connectivity index (χ0) is 12.9. The number of aliphatic carboxylic acids is 1. The van der Waals surface area contributed by atoms with E-state index in [4.69, 9.17) is 4.74 Å². The van der Waals surface area contributed by atoms with E-state index in [1.54, 1.807) is 0 Å². The minimum absolute atomic E-state index is 0.479. The Hall–Kier alpha value is -0.650. The van der Waals surface area contributed by atoms with Crippen molar-refractivity contribution < 1.29 is 14.6 Å². The van der Waals surface area contributed by atoms with Crippen LogP contribution < -0.4 is 5.32 Å². The maximum absolute atomic E-state index is 11.4.